The Balaban J connectivity index is 0.00000161. The third kappa shape index (κ3) is 4.15. The Labute approximate surface area is 129 Å². The van der Waals surface area contributed by atoms with Crippen molar-refractivity contribution in [2.24, 2.45) is 0 Å². The fraction of sp³-hybridized carbons (Fsp3) is 0.125. The molecule has 2 aromatic carbocycles. The number of halogens is 1. The van der Waals surface area contributed by atoms with Crippen LogP contribution in [0.15, 0.2) is 65.2 Å². The molecule has 0 radical (unpaired) electrons. The van der Waals surface area contributed by atoms with Gasteiger partial charge in [-0.3, -0.25) is 0 Å². The number of rotatable bonds is 5. The van der Waals surface area contributed by atoms with E-state index in [1.54, 1.807) is 0 Å². The van der Waals surface area contributed by atoms with Gasteiger partial charge >= 0.3 is 0 Å². The predicted molar refractivity (Wildman–Crippen MR) is 75.5 cm³/mol. The highest BCUT2D eigenvalue weighted by Crippen LogP contribution is 2.14. The minimum atomic E-state index is 0. The Bertz CT molecular complexity index is 656. The molecule has 0 fully saturated rings. The zero-order chi connectivity index (χ0) is 13.6. The van der Waals surface area contributed by atoms with E-state index in [1.807, 2.05) is 48.5 Å². The molecule has 0 amide bonds. The molecule has 0 bridgehead atoms. The van der Waals surface area contributed by atoms with Crippen molar-refractivity contribution in [2.45, 2.75) is 13.1 Å². The molecule has 0 aliphatic rings. The Hall–Kier alpha value is -2.17. The standard InChI is InChI=1S/C16H15N3O.ClH/c1-3-7-13(8-4-1)11-17-12-15-18-16(19-20-15)14-9-5-2-6-10-14;/h1-10,17H,11-12H2;1H. The van der Waals surface area contributed by atoms with E-state index in [-0.39, 0.29) is 12.4 Å². The van der Waals surface area contributed by atoms with Crippen LogP contribution < -0.4 is 17.7 Å². The first-order valence-electron chi connectivity index (χ1n) is 6.65. The van der Waals surface area contributed by atoms with E-state index < -0.39 is 0 Å². The molecule has 21 heavy (non-hydrogen) atoms. The highest BCUT2D eigenvalue weighted by molar-refractivity contribution is 5.53. The van der Waals surface area contributed by atoms with Gasteiger partial charge in [-0.15, -0.1) is 0 Å². The van der Waals surface area contributed by atoms with E-state index in [9.17, 15) is 0 Å². The van der Waals surface area contributed by atoms with Crippen LogP contribution >= 0.6 is 0 Å². The number of hydrogen-bond acceptors (Lipinski definition) is 3. The summed E-state index contributed by atoms with van der Waals surface area (Å²) < 4.78 is 5.26. The zero-order valence-electron chi connectivity index (χ0n) is 11.4. The van der Waals surface area contributed by atoms with Gasteiger partial charge in [-0.25, -0.2) is 0 Å². The Morgan fingerprint density at radius 1 is 0.857 bits per heavy atom. The largest absolute Gasteiger partial charge is 1.00 e. The van der Waals surface area contributed by atoms with Gasteiger partial charge in [0, 0.05) is 11.1 Å². The molecule has 0 aliphatic heterocycles. The average Bonchev–Trinajstić information content (AvgIpc) is 2.98. The third-order valence-electron chi connectivity index (χ3n) is 3.04. The summed E-state index contributed by atoms with van der Waals surface area (Å²) in [6.45, 7) is 1.60. The van der Waals surface area contributed by atoms with Crippen LogP contribution in [0.25, 0.3) is 11.4 Å². The molecule has 4 nitrogen and oxygen atoms in total. The summed E-state index contributed by atoms with van der Waals surface area (Å²) in [5, 5.41) is 6.16. The minimum Gasteiger partial charge on any atom is -1.00 e. The van der Waals surface area contributed by atoms with Crippen molar-refractivity contribution in [1.29, 1.82) is 0 Å². The van der Waals surface area contributed by atoms with Crippen molar-refractivity contribution in [2.75, 3.05) is 0 Å². The van der Waals surface area contributed by atoms with Gasteiger partial charge in [0.25, 0.3) is 5.89 Å². The van der Waals surface area contributed by atoms with Gasteiger partial charge in [0.2, 0.25) is 5.82 Å². The second-order valence-corrected chi connectivity index (χ2v) is 4.56. The van der Waals surface area contributed by atoms with Crippen molar-refractivity contribution in [1.82, 2.24) is 10.1 Å². The summed E-state index contributed by atoms with van der Waals surface area (Å²) >= 11 is 0. The minimum absolute atomic E-state index is 0. The normalized spacial score (nSPS) is 10.1. The number of nitrogens with zero attached hydrogens (tertiary/aromatic N) is 2. The number of nitrogens with two attached hydrogens (primary N) is 1. The van der Waals surface area contributed by atoms with E-state index in [1.165, 1.54) is 5.56 Å². The first-order valence-corrected chi connectivity index (χ1v) is 6.65. The molecule has 0 saturated carbocycles. The van der Waals surface area contributed by atoms with Gasteiger partial charge in [0.05, 0.1) is 0 Å². The number of hydrogen-bond donors (Lipinski definition) is 1. The van der Waals surface area contributed by atoms with Gasteiger partial charge < -0.3 is 22.2 Å². The highest BCUT2D eigenvalue weighted by Gasteiger charge is 2.09. The maximum Gasteiger partial charge on any atom is 0.282 e. The lowest BCUT2D eigenvalue weighted by molar-refractivity contribution is -0.688. The monoisotopic (exact) mass is 301 g/mol. The molecule has 108 valence electrons. The first kappa shape index (κ1) is 15.2. The Kier molecular flexibility index (Phi) is 5.49. The number of benzene rings is 2. The molecule has 5 heteroatoms. The van der Waals surface area contributed by atoms with Crippen LogP contribution in [-0.2, 0) is 13.1 Å². The van der Waals surface area contributed by atoms with Crippen LogP contribution in [0.2, 0.25) is 0 Å². The SMILES string of the molecule is [Cl-].c1ccc(C[NH2+]Cc2nc(-c3ccccc3)no2)cc1. The fourth-order valence-corrected chi connectivity index (χ4v) is 2.02. The number of aromatic nitrogens is 2. The van der Waals surface area contributed by atoms with Crippen molar-refractivity contribution < 1.29 is 22.2 Å². The summed E-state index contributed by atoms with van der Waals surface area (Å²) in [6.07, 6.45) is 0. The first-order chi connectivity index (χ1) is 9.92. The second-order valence-electron chi connectivity index (χ2n) is 4.56. The summed E-state index contributed by atoms with van der Waals surface area (Å²) in [4.78, 5) is 4.40. The van der Waals surface area contributed by atoms with Crippen molar-refractivity contribution in [3.8, 4) is 11.4 Å². The smallest absolute Gasteiger partial charge is 0.282 e. The van der Waals surface area contributed by atoms with Crippen LogP contribution in [0, 0.1) is 0 Å². The molecule has 3 aromatic rings. The Morgan fingerprint density at radius 2 is 1.52 bits per heavy atom. The van der Waals surface area contributed by atoms with Crippen LogP contribution in [0.3, 0.4) is 0 Å². The van der Waals surface area contributed by atoms with Gasteiger partial charge in [-0.05, 0) is 0 Å². The van der Waals surface area contributed by atoms with Gasteiger partial charge in [-0.2, -0.15) is 4.98 Å². The van der Waals surface area contributed by atoms with Crippen LogP contribution in [0.4, 0.5) is 0 Å². The lowest BCUT2D eigenvalue weighted by Gasteiger charge is -1.98. The molecule has 1 aromatic heterocycles. The molecule has 0 saturated heterocycles. The summed E-state index contributed by atoms with van der Waals surface area (Å²) in [6, 6.07) is 20.2. The predicted octanol–water partition coefficient (Wildman–Crippen LogP) is -0.996. The quantitative estimate of drug-likeness (QED) is 0.658. The van der Waals surface area contributed by atoms with E-state index in [2.05, 4.69) is 27.6 Å². The lowest BCUT2D eigenvalue weighted by atomic mass is 10.2. The van der Waals surface area contributed by atoms with Crippen molar-refractivity contribution >= 4 is 0 Å². The average molecular weight is 302 g/mol. The molecule has 2 N–H and O–H groups in total. The molecule has 0 spiro atoms. The van der Waals surface area contributed by atoms with Crippen LogP contribution in [0.5, 0.6) is 0 Å². The maximum absolute atomic E-state index is 5.26. The summed E-state index contributed by atoms with van der Waals surface area (Å²) in [5.41, 5.74) is 2.26. The van der Waals surface area contributed by atoms with E-state index in [4.69, 9.17) is 4.52 Å². The fourth-order valence-electron chi connectivity index (χ4n) is 2.02. The van der Waals surface area contributed by atoms with E-state index >= 15 is 0 Å². The van der Waals surface area contributed by atoms with Crippen molar-refractivity contribution in [3.05, 3.63) is 72.1 Å². The van der Waals surface area contributed by atoms with Gasteiger partial charge in [-0.1, -0.05) is 65.8 Å². The molecule has 1 heterocycles. The lowest BCUT2D eigenvalue weighted by Crippen LogP contribution is -3.00. The topological polar surface area (TPSA) is 55.5 Å². The second kappa shape index (κ2) is 7.57. The zero-order valence-corrected chi connectivity index (χ0v) is 12.2. The van der Waals surface area contributed by atoms with Crippen LogP contribution in [0.1, 0.15) is 11.5 Å². The van der Waals surface area contributed by atoms with Crippen molar-refractivity contribution in [3.63, 3.8) is 0 Å². The highest BCUT2D eigenvalue weighted by atomic mass is 35.5. The van der Waals surface area contributed by atoms with E-state index in [0.29, 0.717) is 18.3 Å². The van der Waals surface area contributed by atoms with E-state index in [0.717, 1.165) is 12.1 Å². The molecular weight excluding hydrogens is 286 g/mol. The summed E-state index contributed by atoms with van der Waals surface area (Å²) in [7, 11) is 0. The molecule has 0 aliphatic carbocycles. The van der Waals surface area contributed by atoms with Gasteiger partial charge in [0.15, 0.2) is 6.54 Å². The Morgan fingerprint density at radius 3 is 2.24 bits per heavy atom. The maximum atomic E-state index is 5.26. The molecule has 0 atom stereocenters. The van der Waals surface area contributed by atoms with Gasteiger partial charge in [0.1, 0.15) is 6.54 Å². The third-order valence-corrected chi connectivity index (χ3v) is 3.04. The number of quaternary nitrogens is 1. The van der Waals surface area contributed by atoms with Crippen LogP contribution in [-0.4, -0.2) is 10.1 Å². The molecular formula is C16H16ClN3O. The summed E-state index contributed by atoms with van der Waals surface area (Å²) in [5.74, 6) is 1.30. The molecule has 0 unspecified atom stereocenters. The molecule has 3 rings (SSSR count).